The summed E-state index contributed by atoms with van der Waals surface area (Å²) in [5.74, 6) is 0. The van der Waals surface area contributed by atoms with E-state index in [1.165, 1.54) is 24.0 Å². The van der Waals surface area contributed by atoms with Crippen LogP contribution >= 0.6 is 0 Å². The summed E-state index contributed by atoms with van der Waals surface area (Å²) in [6.07, 6.45) is 0. The van der Waals surface area contributed by atoms with Gasteiger partial charge in [0, 0.05) is 17.1 Å². The first-order valence-electron chi connectivity index (χ1n) is 10.3. The number of benzene rings is 4. The van der Waals surface area contributed by atoms with Crippen LogP contribution in [0.25, 0.3) is 0 Å². The van der Waals surface area contributed by atoms with Gasteiger partial charge in [0.25, 0.3) is 17.1 Å². The molecule has 0 bridgehead atoms. The normalized spacial score (nSPS) is 9.97. The molecule has 0 N–H and O–H groups in total. The van der Waals surface area contributed by atoms with Gasteiger partial charge in [0.15, 0.2) is 0 Å². The van der Waals surface area contributed by atoms with Crippen molar-refractivity contribution >= 4 is 34.1 Å². The van der Waals surface area contributed by atoms with Crippen LogP contribution in [0.15, 0.2) is 103 Å². The van der Waals surface area contributed by atoms with Gasteiger partial charge in [0.05, 0.1) is 26.9 Å². The Balaban J connectivity index is 0.000000199. The predicted molar refractivity (Wildman–Crippen MR) is 132 cm³/mol. The zero-order chi connectivity index (χ0) is 25.4. The summed E-state index contributed by atoms with van der Waals surface area (Å²) in [5.41, 5.74) is 1.34. The molecule has 4 aromatic carbocycles. The second kappa shape index (κ2) is 11.1. The van der Waals surface area contributed by atoms with Gasteiger partial charge in [0.2, 0.25) is 0 Å². The Morgan fingerprint density at radius 1 is 0.543 bits per heavy atom. The van der Waals surface area contributed by atoms with E-state index in [9.17, 15) is 30.3 Å². The summed E-state index contributed by atoms with van der Waals surface area (Å²) in [6, 6.07) is 32.6. The lowest BCUT2D eigenvalue weighted by Gasteiger charge is -2.25. The fraction of sp³-hybridized carbons (Fsp3) is 0.0400. The van der Waals surface area contributed by atoms with E-state index in [0.29, 0.717) is 12.1 Å². The molecule has 0 spiro atoms. The Labute approximate surface area is 200 Å². The first kappa shape index (κ1) is 24.5. The molecule has 0 amide bonds. The first-order valence-corrected chi connectivity index (χ1v) is 10.3. The van der Waals surface area contributed by atoms with Gasteiger partial charge in [-0.25, -0.2) is 0 Å². The van der Waals surface area contributed by atoms with E-state index in [4.69, 9.17) is 0 Å². The maximum atomic E-state index is 10.5. The van der Waals surface area contributed by atoms with Crippen molar-refractivity contribution in [2.75, 3.05) is 4.90 Å². The molecule has 4 aromatic rings. The highest BCUT2D eigenvalue weighted by atomic mass is 16.6. The van der Waals surface area contributed by atoms with Crippen molar-refractivity contribution in [1.82, 2.24) is 0 Å². The van der Waals surface area contributed by atoms with Gasteiger partial charge >= 0.3 is 0 Å². The molecule has 0 saturated heterocycles. The first-order chi connectivity index (χ1) is 16.8. The summed E-state index contributed by atoms with van der Waals surface area (Å²) < 4.78 is 0. The average molecular weight is 472 g/mol. The molecular weight excluding hydrogens is 452 g/mol. The van der Waals surface area contributed by atoms with Gasteiger partial charge in [-0.3, -0.25) is 30.3 Å². The molecule has 0 unspecified atom stereocenters. The second-order valence-corrected chi connectivity index (χ2v) is 7.22. The van der Waals surface area contributed by atoms with Gasteiger partial charge in [-0.1, -0.05) is 54.6 Å². The Bertz CT molecular complexity index is 1200. The van der Waals surface area contributed by atoms with Gasteiger partial charge in [0.1, 0.15) is 5.56 Å². The smallest absolute Gasteiger partial charge is 0.286 e. The third-order valence-electron chi connectivity index (χ3n) is 4.99. The molecule has 35 heavy (non-hydrogen) atoms. The number of hydrogen-bond donors (Lipinski definition) is 0. The monoisotopic (exact) mass is 472 g/mol. The Hall–Kier alpha value is -5.12. The molecule has 4 rings (SSSR count). The van der Waals surface area contributed by atoms with Gasteiger partial charge in [-0.15, -0.1) is 0 Å². The third kappa shape index (κ3) is 6.02. The lowest BCUT2D eigenvalue weighted by molar-refractivity contribution is -0.403. The summed E-state index contributed by atoms with van der Waals surface area (Å²) >= 11 is 0. The molecule has 0 heterocycles. The van der Waals surface area contributed by atoms with Crippen LogP contribution in [0, 0.1) is 37.3 Å². The Morgan fingerprint density at radius 3 is 1.11 bits per heavy atom. The molecule has 0 fully saturated rings. The zero-order valence-corrected chi connectivity index (χ0v) is 18.6. The number of nitro benzene ring substituents is 3. The highest BCUT2D eigenvalue weighted by Gasteiger charge is 2.27. The van der Waals surface area contributed by atoms with Crippen molar-refractivity contribution < 1.29 is 14.8 Å². The van der Waals surface area contributed by atoms with Crippen LogP contribution in [-0.2, 0) is 0 Å². The van der Waals surface area contributed by atoms with Crippen molar-refractivity contribution in [1.29, 1.82) is 0 Å². The number of non-ortho nitro benzene ring substituents is 1. The van der Waals surface area contributed by atoms with E-state index < -0.39 is 31.8 Å². The lowest BCUT2D eigenvalue weighted by atomic mass is 10.1. The maximum absolute atomic E-state index is 10.5. The molecule has 0 aliphatic heterocycles. The van der Waals surface area contributed by atoms with Crippen LogP contribution in [0.5, 0.6) is 0 Å². The van der Waals surface area contributed by atoms with E-state index >= 15 is 0 Å². The van der Waals surface area contributed by atoms with Crippen molar-refractivity contribution in [3.05, 3.63) is 139 Å². The number of nitrogens with zero attached hydrogens (tertiary/aromatic N) is 4. The molecule has 0 aliphatic carbocycles. The minimum absolute atomic E-state index is 0.208. The Kier molecular flexibility index (Phi) is 7.81. The van der Waals surface area contributed by atoms with Crippen LogP contribution in [-0.4, -0.2) is 14.8 Å². The SMILES string of the molecule is Cc1c([N+](=O)[O-])cc([N+](=O)[O-])cc1[N+](=O)[O-].c1ccc(N(c2ccccc2)c2ccccc2)cc1. The lowest BCUT2D eigenvalue weighted by Crippen LogP contribution is -2.09. The maximum Gasteiger partial charge on any atom is 0.286 e. The number of para-hydroxylation sites is 3. The Morgan fingerprint density at radius 2 is 0.857 bits per heavy atom. The molecule has 176 valence electrons. The van der Waals surface area contributed by atoms with Crippen molar-refractivity contribution in [3.63, 3.8) is 0 Å². The minimum Gasteiger partial charge on any atom is -0.311 e. The van der Waals surface area contributed by atoms with Gasteiger partial charge in [-0.2, -0.15) is 0 Å². The zero-order valence-electron chi connectivity index (χ0n) is 18.6. The number of anilines is 3. The van der Waals surface area contributed by atoms with Crippen LogP contribution in [0.2, 0.25) is 0 Å². The van der Waals surface area contributed by atoms with Crippen molar-refractivity contribution in [2.24, 2.45) is 0 Å². The quantitative estimate of drug-likeness (QED) is 0.221. The van der Waals surface area contributed by atoms with Gasteiger partial charge < -0.3 is 4.90 Å². The van der Waals surface area contributed by atoms with Crippen molar-refractivity contribution in [2.45, 2.75) is 6.92 Å². The van der Waals surface area contributed by atoms with Crippen LogP contribution in [0.1, 0.15) is 5.56 Å². The van der Waals surface area contributed by atoms with Crippen LogP contribution in [0.3, 0.4) is 0 Å². The summed E-state index contributed by atoms with van der Waals surface area (Å²) in [4.78, 5) is 31.0. The van der Waals surface area contributed by atoms with E-state index in [0.717, 1.165) is 0 Å². The predicted octanol–water partition coefficient (Wildman–Crippen LogP) is 6.88. The van der Waals surface area contributed by atoms with E-state index in [2.05, 4.69) is 77.7 Å². The topological polar surface area (TPSA) is 133 Å². The molecule has 0 aliphatic rings. The largest absolute Gasteiger partial charge is 0.311 e. The fourth-order valence-corrected chi connectivity index (χ4v) is 3.33. The number of rotatable bonds is 6. The second-order valence-electron chi connectivity index (χ2n) is 7.22. The molecule has 0 saturated carbocycles. The summed E-state index contributed by atoms with van der Waals surface area (Å²) in [6.45, 7) is 1.17. The van der Waals surface area contributed by atoms with E-state index in [1.807, 2.05) is 18.2 Å². The molecule has 10 nitrogen and oxygen atoms in total. The van der Waals surface area contributed by atoms with E-state index in [-0.39, 0.29) is 5.56 Å². The minimum atomic E-state index is -0.917. The molecule has 0 atom stereocenters. The molecule has 0 aromatic heterocycles. The van der Waals surface area contributed by atoms with Gasteiger partial charge in [-0.05, 0) is 43.3 Å². The number of nitro groups is 3. The highest BCUT2D eigenvalue weighted by Crippen LogP contribution is 2.34. The summed E-state index contributed by atoms with van der Waals surface area (Å²) in [7, 11) is 0. The van der Waals surface area contributed by atoms with Crippen LogP contribution in [0.4, 0.5) is 34.1 Å². The highest BCUT2D eigenvalue weighted by molar-refractivity contribution is 5.76. The molecular formula is C25H20N4O6. The summed E-state index contributed by atoms with van der Waals surface area (Å²) in [5, 5.41) is 31.5. The number of hydrogen-bond acceptors (Lipinski definition) is 7. The molecule has 0 radical (unpaired) electrons. The molecule has 10 heteroatoms. The third-order valence-corrected chi connectivity index (χ3v) is 4.99. The van der Waals surface area contributed by atoms with Crippen LogP contribution < -0.4 is 4.90 Å². The van der Waals surface area contributed by atoms with Crippen molar-refractivity contribution in [3.8, 4) is 0 Å². The average Bonchev–Trinajstić information content (AvgIpc) is 2.86. The fourth-order valence-electron chi connectivity index (χ4n) is 3.33. The standard InChI is InChI=1S/C18H15N.C7H5N3O6/c1-4-10-16(11-5-1)19(17-12-6-2-7-13-17)18-14-8-3-9-15-18;1-4-6(9(13)14)2-5(8(11)12)3-7(4)10(15)16/h1-15H;2-3H,1H3. The van der Waals surface area contributed by atoms with E-state index in [1.54, 1.807) is 0 Å².